The Morgan fingerprint density at radius 3 is 2.35 bits per heavy atom. The van der Waals surface area contributed by atoms with Gasteiger partial charge in [-0.15, -0.1) is 13.2 Å². The Labute approximate surface area is 144 Å². The summed E-state index contributed by atoms with van der Waals surface area (Å²) in [6, 6.07) is 8.54. The number of fused-ring (bicyclic) bond motifs is 1. The molecule has 3 rings (SSSR count). The van der Waals surface area contributed by atoms with Crippen molar-refractivity contribution in [3.05, 3.63) is 64.7 Å². The number of halogens is 6. The van der Waals surface area contributed by atoms with E-state index in [1.807, 2.05) is 0 Å². The van der Waals surface area contributed by atoms with Crippen LogP contribution in [0.3, 0.4) is 0 Å². The molecule has 1 heterocycles. The zero-order valence-electron chi connectivity index (χ0n) is 13.1. The number of alkyl halides is 6. The molecule has 1 aliphatic heterocycles. The Kier molecular flexibility index (Phi) is 4.33. The second kappa shape index (κ2) is 6.22. The third-order valence-electron chi connectivity index (χ3n) is 3.93. The van der Waals surface area contributed by atoms with Crippen molar-refractivity contribution in [2.75, 3.05) is 0 Å². The summed E-state index contributed by atoms with van der Waals surface area (Å²) in [6.45, 7) is -0.159. The fourth-order valence-electron chi connectivity index (χ4n) is 2.86. The van der Waals surface area contributed by atoms with Crippen LogP contribution in [0.4, 0.5) is 26.3 Å². The van der Waals surface area contributed by atoms with Crippen molar-refractivity contribution < 1.29 is 31.1 Å². The van der Waals surface area contributed by atoms with E-state index in [0.717, 1.165) is 18.2 Å². The van der Waals surface area contributed by atoms with Crippen LogP contribution in [-0.4, -0.2) is 17.1 Å². The van der Waals surface area contributed by atoms with Gasteiger partial charge in [0.2, 0.25) is 0 Å². The molecule has 0 radical (unpaired) electrons. The number of benzene rings is 2. The second-order valence-corrected chi connectivity index (χ2v) is 5.73. The van der Waals surface area contributed by atoms with Crippen molar-refractivity contribution in [2.45, 2.75) is 25.6 Å². The molecule has 2 aromatic carbocycles. The van der Waals surface area contributed by atoms with E-state index in [1.54, 1.807) is 0 Å². The van der Waals surface area contributed by atoms with E-state index >= 15 is 0 Å². The third-order valence-corrected chi connectivity index (χ3v) is 3.93. The van der Waals surface area contributed by atoms with Gasteiger partial charge >= 0.3 is 12.5 Å². The first-order valence-electron chi connectivity index (χ1n) is 7.42. The molecule has 9 heteroatoms. The first-order chi connectivity index (χ1) is 12.0. The van der Waals surface area contributed by atoms with E-state index in [-0.39, 0.29) is 24.5 Å². The number of hydrogen-bond donors (Lipinski definition) is 1. The summed E-state index contributed by atoms with van der Waals surface area (Å²) in [6.07, 6.45) is -9.37. The van der Waals surface area contributed by atoms with Crippen molar-refractivity contribution in [1.29, 1.82) is 5.41 Å². The molecule has 0 aliphatic carbocycles. The summed E-state index contributed by atoms with van der Waals surface area (Å²) in [7, 11) is 0. The van der Waals surface area contributed by atoms with Gasteiger partial charge < -0.3 is 9.64 Å². The van der Waals surface area contributed by atoms with Gasteiger partial charge in [0.05, 0.1) is 5.56 Å². The van der Waals surface area contributed by atoms with Crippen molar-refractivity contribution in [3.8, 4) is 5.75 Å². The summed E-state index contributed by atoms with van der Waals surface area (Å²) in [5.74, 6) is -0.475. The Bertz CT molecular complexity index is 844. The molecule has 0 atom stereocenters. The SMILES string of the molecule is N=C1c2ccc(OC(F)(F)F)cc2CN1Cc1ccccc1C(F)(F)F. The van der Waals surface area contributed by atoms with Gasteiger partial charge in [-0.25, -0.2) is 0 Å². The summed E-state index contributed by atoms with van der Waals surface area (Å²) in [4.78, 5) is 1.37. The molecule has 138 valence electrons. The van der Waals surface area contributed by atoms with Crippen LogP contribution in [0.1, 0.15) is 22.3 Å². The lowest BCUT2D eigenvalue weighted by molar-refractivity contribution is -0.274. The second-order valence-electron chi connectivity index (χ2n) is 5.73. The van der Waals surface area contributed by atoms with E-state index < -0.39 is 23.9 Å². The van der Waals surface area contributed by atoms with Crippen molar-refractivity contribution in [2.24, 2.45) is 0 Å². The lowest BCUT2D eigenvalue weighted by Crippen LogP contribution is -2.25. The molecule has 0 bridgehead atoms. The first-order valence-corrected chi connectivity index (χ1v) is 7.42. The highest BCUT2D eigenvalue weighted by Gasteiger charge is 2.35. The minimum Gasteiger partial charge on any atom is -0.406 e. The molecule has 2 aromatic rings. The summed E-state index contributed by atoms with van der Waals surface area (Å²) >= 11 is 0. The van der Waals surface area contributed by atoms with Crippen LogP contribution in [0, 0.1) is 5.41 Å². The maximum atomic E-state index is 13.1. The summed E-state index contributed by atoms with van der Waals surface area (Å²) in [5, 5.41) is 8.10. The van der Waals surface area contributed by atoms with Gasteiger partial charge in [0.1, 0.15) is 11.6 Å². The van der Waals surface area contributed by atoms with E-state index in [1.165, 1.54) is 29.2 Å². The van der Waals surface area contributed by atoms with Crippen molar-refractivity contribution in [1.82, 2.24) is 4.90 Å². The third kappa shape index (κ3) is 3.76. The van der Waals surface area contributed by atoms with E-state index in [4.69, 9.17) is 5.41 Å². The zero-order valence-corrected chi connectivity index (χ0v) is 13.1. The Hall–Kier alpha value is -2.71. The van der Waals surface area contributed by atoms with Gasteiger partial charge in [0.15, 0.2) is 0 Å². The maximum Gasteiger partial charge on any atom is 0.573 e. The van der Waals surface area contributed by atoms with E-state index in [9.17, 15) is 26.3 Å². The van der Waals surface area contributed by atoms with Gasteiger partial charge in [-0.2, -0.15) is 13.2 Å². The Balaban J connectivity index is 1.83. The predicted molar refractivity (Wildman–Crippen MR) is 80.6 cm³/mol. The number of amidine groups is 1. The van der Waals surface area contributed by atoms with Gasteiger partial charge in [0.25, 0.3) is 0 Å². The molecule has 26 heavy (non-hydrogen) atoms. The molecule has 0 aromatic heterocycles. The van der Waals surface area contributed by atoms with Crippen molar-refractivity contribution in [3.63, 3.8) is 0 Å². The molecule has 0 unspecified atom stereocenters. The minimum absolute atomic E-state index is 0.00989. The molecular formula is C17H12F6N2O. The van der Waals surface area contributed by atoms with Gasteiger partial charge in [-0.1, -0.05) is 18.2 Å². The van der Waals surface area contributed by atoms with Crippen LogP contribution in [-0.2, 0) is 19.3 Å². The quantitative estimate of drug-likeness (QED) is 0.773. The van der Waals surface area contributed by atoms with Gasteiger partial charge in [0, 0.05) is 18.7 Å². The highest BCUT2D eigenvalue weighted by molar-refractivity contribution is 6.00. The Morgan fingerprint density at radius 1 is 1.00 bits per heavy atom. The number of hydrogen-bond acceptors (Lipinski definition) is 2. The molecular weight excluding hydrogens is 362 g/mol. The normalized spacial score (nSPS) is 14.5. The zero-order chi connectivity index (χ0) is 19.1. The highest BCUT2D eigenvalue weighted by Crippen LogP contribution is 2.35. The largest absolute Gasteiger partial charge is 0.573 e. The fourth-order valence-corrected chi connectivity index (χ4v) is 2.86. The van der Waals surface area contributed by atoms with E-state index in [2.05, 4.69) is 4.74 Å². The lowest BCUT2D eigenvalue weighted by atomic mass is 10.1. The lowest BCUT2D eigenvalue weighted by Gasteiger charge is -2.20. The monoisotopic (exact) mass is 374 g/mol. The number of nitrogens with zero attached hydrogens (tertiary/aromatic N) is 1. The van der Waals surface area contributed by atoms with Gasteiger partial charge in [-0.3, -0.25) is 5.41 Å². The molecule has 1 aliphatic rings. The molecule has 3 nitrogen and oxygen atoms in total. The first kappa shape index (κ1) is 18.1. The summed E-state index contributed by atoms with van der Waals surface area (Å²) in [5.41, 5.74) is -0.0561. The highest BCUT2D eigenvalue weighted by atomic mass is 19.4. The van der Waals surface area contributed by atoms with Crippen LogP contribution < -0.4 is 4.74 Å². The van der Waals surface area contributed by atoms with Crippen LogP contribution in [0.2, 0.25) is 0 Å². The maximum absolute atomic E-state index is 13.1. The number of rotatable bonds is 3. The van der Waals surface area contributed by atoms with Gasteiger partial charge in [-0.05, 0) is 35.4 Å². The van der Waals surface area contributed by atoms with Crippen LogP contribution in [0.15, 0.2) is 42.5 Å². The molecule has 0 amide bonds. The molecule has 1 N–H and O–H groups in total. The average molecular weight is 374 g/mol. The summed E-state index contributed by atoms with van der Waals surface area (Å²) < 4.78 is 80.1. The Morgan fingerprint density at radius 2 is 1.69 bits per heavy atom. The predicted octanol–water partition coefficient (Wildman–Crippen LogP) is 4.95. The number of ether oxygens (including phenoxy) is 1. The minimum atomic E-state index is -4.84. The topological polar surface area (TPSA) is 36.3 Å². The van der Waals surface area contributed by atoms with E-state index in [0.29, 0.717) is 11.1 Å². The molecule has 0 saturated heterocycles. The van der Waals surface area contributed by atoms with Crippen LogP contribution in [0.5, 0.6) is 5.75 Å². The van der Waals surface area contributed by atoms with Crippen molar-refractivity contribution >= 4 is 5.84 Å². The molecule has 0 saturated carbocycles. The standard InChI is InChI=1S/C17H12F6N2O/c18-16(19,20)14-4-2-1-3-10(14)8-25-9-11-7-12(26-17(21,22)23)5-6-13(11)15(25)24/h1-7,24H,8-9H2. The fraction of sp³-hybridized carbons (Fsp3) is 0.235. The smallest absolute Gasteiger partial charge is 0.406 e. The number of nitrogens with one attached hydrogen (secondary N) is 1. The average Bonchev–Trinajstić information content (AvgIpc) is 2.81. The molecule has 0 spiro atoms. The van der Waals surface area contributed by atoms with Crippen LogP contribution in [0.25, 0.3) is 0 Å². The van der Waals surface area contributed by atoms with Crippen LogP contribution >= 0.6 is 0 Å². The molecule has 0 fully saturated rings.